The molecule has 0 spiro atoms. The van der Waals surface area contributed by atoms with Gasteiger partial charge < -0.3 is 5.32 Å². The average molecular weight is 335 g/mol. The molecule has 0 fully saturated rings. The maximum Gasteiger partial charge on any atom is 0.285 e. The Morgan fingerprint density at radius 3 is 2.65 bits per heavy atom. The van der Waals surface area contributed by atoms with E-state index in [0.29, 0.717) is 4.47 Å². The first-order valence-corrected chi connectivity index (χ1v) is 7.03. The summed E-state index contributed by atoms with van der Waals surface area (Å²) in [5.74, 6) is 0. The molecule has 0 heterocycles. The van der Waals surface area contributed by atoms with E-state index in [9.17, 15) is 10.1 Å². The van der Waals surface area contributed by atoms with Gasteiger partial charge in [0, 0.05) is 17.8 Å². The SMILES string of the molecule is Cc1cccc(C(C)Nc2ccc(Br)c([N+](=O)[O-])c2)c1. The zero-order valence-corrected chi connectivity index (χ0v) is 12.8. The lowest BCUT2D eigenvalue weighted by atomic mass is 10.1. The number of aryl methyl sites for hydroxylation is 1. The van der Waals surface area contributed by atoms with Crippen molar-refractivity contribution in [3.05, 3.63) is 68.2 Å². The van der Waals surface area contributed by atoms with Gasteiger partial charge in [0.05, 0.1) is 9.40 Å². The number of benzene rings is 2. The number of nitrogens with one attached hydrogen (secondary N) is 1. The number of rotatable bonds is 4. The lowest BCUT2D eigenvalue weighted by molar-refractivity contribution is -0.385. The lowest BCUT2D eigenvalue weighted by Gasteiger charge is -2.16. The molecule has 1 N–H and O–H groups in total. The molecule has 2 rings (SSSR count). The third-order valence-electron chi connectivity index (χ3n) is 3.07. The highest BCUT2D eigenvalue weighted by atomic mass is 79.9. The topological polar surface area (TPSA) is 55.2 Å². The van der Waals surface area contributed by atoms with Gasteiger partial charge in [-0.2, -0.15) is 0 Å². The Morgan fingerprint density at radius 2 is 2.00 bits per heavy atom. The summed E-state index contributed by atoms with van der Waals surface area (Å²) in [6.45, 7) is 4.07. The van der Waals surface area contributed by atoms with Gasteiger partial charge in [0.2, 0.25) is 0 Å². The van der Waals surface area contributed by atoms with Crippen LogP contribution in [0.25, 0.3) is 0 Å². The first-order chi connectivity index (χ1) is 9.47. The number of halogens is 1. The van der Waals surface area contributed by atoms with Crippen molar-refractivity contribution < 1.29 is 4.92 Å². The van der Waals surface area contributed by atoms with Crippen LogP contribution in [0.4, 0.5) is 11.4 Å². The van der Waals surface area contributed by atoms with E-state index in [1.807, 2.05) is 38.1 Å². The Bertz CT molecular complexity index is 644. The van der Waals surface area contributed by atoms with Crippen molar-refractivity contribution in [2.45, 2.75) is 19.9 Å². The van der Waals surface area contributed by atoms with Crippen LogP contribution in [-0.2, 0) is 0 Å². The maximum atomic E-state index is 10.9. The van der Waals surface area contributed by atoms with Crippen LogP contribution in [0.3, 0.4) is 0 Å². The van der Waals surface area contributed by atoms with Crippen molar-refractivity contribution >= 4 is 27.3 Å². The van der Waals surface area contributed by atoms with Gasteiger partial charge >= 0.3 is 0 Å². The number of hydrogen-bond donors (Lipinski definition) is 1. The second-order valence-electron chi connectivity index (χ2n) is 4.70. The molecule has 0 radical (unpaired) electrons. The highest BCUT2D eigenvalue weighted by Crippen LogP contribution is 2.29. The summed E-state index contributed by atoms with van der Waals surface area (Å²) in [5.41, 5.74) is 3.13. The molecule has 0 aliphatic heterocycles. The second-order valence-corrected chi connectivity index (χ2v) is 5.56. The van der Waals surface area contributed by atoms with Crippen molar-refractivity contribution in [1.29, 1.82) is 0 Å². The molecule has 0 aliphatic carbocycles. The molecule has 104 valence electrons. The Balaban J connectivity index is 2.22. The molecule has 5 heteroatoms. The fourth-order valence-electron chi connectivity index (χ4n) is 2.02. The van der Waals surface area contributed by atoms with E-state index in [0.717, 1.165) is 11.3 Å². The molecule has 1 atom stereocenters. The number of anilines is 1. The van der Waals surface area contributed by atoms with E-state index in [1.54, 1.807) is 6.07 Å². The van der Waals surface area contributed by atoms with E-state index in [-0.39, 0.29) is 11.7 Å². The molecule has 2 aromatic rings. The molecule has 0 bridgehead atoms. The zero-order chi connectivity index (χ0) is 14.7. The Kier molecular flexibility index (Phi) is 4.39. The summed E-state index contributed by atoms with van der Waals surface area (Å²) in [6.07, 6.45) is 0. The number of nitro benzene ring substituents is 1. The number of hydrogen-bond acceptors (Lipinski definition) is 3. The summed E-state index contributed by atoms with van der Waals surface area (Å²) >= 11 is 3.18. The predicted octanol–water partition coefficient (Wildman–Crippen LogP) is 4.84. The van der Waals surface area contributed by atoms with Crippen molar-refractivity contribution in [1.82, 2.24) is 0 Å². The largest absolute Gasteiger partial charge is 0.378 e. The van der Waals surface area contributed by atoms with E-state index in [2.05, 4.69) is 27.3 Å². The molecule has 0 saturated carbocycles. The molecule has 0 aromatic heterocycles. The van der Waals surface area contributed by atoms with Gasteiger partial charge in [0.15, 0.2) is 0 Å². The fraction of sp³-hybridized carbons (Fsp3) is 0.200. The molecule has 0 amide bonds. The third kappa shape index (κ3) is 3.36. The third-order valence-corrected chi connectivity index (χ3v) is 3.74. The Hall–Kier alpha value is -1.88. The highest BCUT2D eigenvalue weighted by Gasteiger charge is 2.13. The molecule has 0 aliphatic rings. The summed E-state index contributed by atoms with van der Waals surface area (Å²) in [5, 5.41) is 14.2. The lowest BCUT2D eigenvalue weighted by Crippen LogP contribution is -2.07. The highest BCUT2D eigenvalue weighted by molar-refractivity contribution is 9.10. The van der Waals surface area contributed by atoms with Crippen LogP contribution in [0.5, 0.6) is 0 Å². The van der Waals surface area contributed by atoms with Gasteiger partial charge in [-0.15, -0.1) is 0 Å². The smallest absolute Gasteiger partial charge is 0.285 e. The predicted molar refractivity (Wildman–Crippen MR) is 84.0 cm³/mol. The van der Waals surface area contributed by atoms with E-state index < -0.39 is 4.92 Å². The standard InChI is InChI=1S/C15H15BrN2O2/c1-10-4-3-5-12(8-10)11(2)17-13-6-7-14(16)15(9-13)18(19)20/h3-9,11,17H,1-2H3. The monoisotopic (exact) mass is 334 g/mol. The summed E-state index contributed by atoms with van der Waals surface area (Å²) < 4.78 is 0.483. The van der Waals surface area contributed by atoms with Gasteiger partial charge in [0.25, 0.3) is 5.69 Å². The minimum atomic E-state index is -0.396. The van der Waals surface area contributed by atoms with Crippen LogP contribution in [-0.4, -0.2) is 4.92 Å². The molecule has 1 unspecified atom stereocenters. The first kappa shape index (κ1) is 14.5. The van der Waals surface area contributed by atoms with Crippen LogP contribution in [0.15, 0.2) is 46.9 Å². The molecular weight excluding hydrogens is 320 g/mol. The Labute approximate surface area is 126 Å². The van der Waals surface area contributed by atoms with Gasteiger partial charge in [-0.1, -0.05) is 29.8 Å². The van der Waals surface area contributed by atoms with Crippen LogP contribution < -0.4 is 5.32 Å². The minimum absolute atomic E-state index is 0.0615. The number of nitro groups is 1. The van der Waals surface area contributed by atoms with E-state index >= 15 is 0 Å². The van der Waals surface area contributed by atoms with E-state index in [4.69, 9.17) is 0 Å². The minimum Gasteiger partial charge on any atom is -0.378 e. The first-order valence-electron chi connectivity index (χ1n) is 6.24. The van der Waals surface area contributed by atoms with Crippen molar-refractivity contribution in [2.24, 2.45) is 0 Å². The molecular formula is C15H15BrN2O2. The van der Waals surface area contributed by atoms with Gasteiger partial charge in [-0.25, -0.2) is 0 Å². The van der Waals surface area contributed by atoms with Crippen LogP contribution >= 0.6 is 15.9 Å². The molecule has 0 saturated heterocycles. The quantitative estimate of drug-likeness (QED) is 0.642. The van der Waals surface area contributed by atoms with Crippen LogP contribution in [0.2, 0.25) is 0 Å². The van der Waals surface area contributed by atoms with E-state index in [1.165, 1.54) is 11.6 Å². The fourth-order valence-corrected chi connectivity index (χ4v) is 2.41. The second kappa shape index (κ2) is 6.05. The van der Waals surface area contributed by atoms with Gasteiger partial charge in [-0.05, 0) is 47.5 Å². The average Bonchev–Trinajstić information content (AvgIpc) is 2.40. The van der Waals surface area contributed by atoms with Gasteiger partial charge in [-0.3, -0.25) is 10.1 Å². The summed E-state index contributed by atoms with van der Waals surface area (Å²) in [6, 6.07) is 13.3. The van der Waals surface area contributed by atoms with Crippen molar-refractivity contribution in [2.75, 3.05) is 5.32 Å². The Morgan fingerprint density at radius 1 is 1.25 bits per heavy atom. The maximum absolute atomic E-state index is 10.9. The normalized spacial score (nSPS) is 11.9. The van der Waals surface area contributed by atoms with Crippen LogP contribution in [0, 0.1) is 17.0 Å². The summed E-state index contributed by atoms with van der Waals surface area (Å²) in [4.78, 5) is 10.5. The molecule has 2 aromatic carbocycles. The number of nitrogens with zero attached hydrogens (tertiary/aromatic N) is 1. The molecule has 4 nitrogen and oxygen atoms in total. The molecule has 20 heavy (non-hydrogen) atoms. The summed E-state index contributed by atoms with van der Waals surface area (Å²) in [7, 11) is 0. The van der Waals surface area contributed by atoms with Crippen LogP contribution in [0.1, 0.15) is 24.1 Å². The van der Waals surface area contributed by atoms with Crippen molar-refractivity contribution in [3.8, 4) is 0 Å². The van der Waals surface area contributed by atoms with Gasteiger partial charge in [0.1, 0.15) is 0 Å². The zero-order valence-electron chi connectivity index (χ0n) is 11.3. The van der Waals surface area contributed by atoms with Crippen molar-refractivity contribution in [3.63, 3.8) is 0 Å².